The Balaban J connectivity index is 1.81. The van der Waals surface area contributed by atoms with E-state index in [0.29, 0.717) is 6.04 Å². The van der Waals surface area contributed by atoms with Crippen LogP contribution in [-0.2, 0) is 13.6 Å². The Kier molecular flexibility index (Phi) is 3.34. The van der Waals surface area contributed by atoms with Crippen LogP contribution in [-0.4, -0.2) is 26.0 Å². The van der Waals surface area contributed by atoms with Gasteiger partial charge in [-0.05, 0) is 24.0 Å². The van der Waals surface area contributed by atoms with Crippen molar-refractivity contribution in [3.63, 3.8) is 0 Å². The molecule has 1 aliphatic rings. The third-order valence-electron chi connectivity index (χ3n) is 3.96. The third kappa shape index (κ3) is 2.54. The van der Waals surface area contributed by atoms with Gasteiger partial charge in [0.05, 0.1) is 12.0 Å². The molecule has 2 aromatic rings. The van der Waals surface area contributed by atoms with Crippen molar-refractivity contribution in [2.75, 3.05) is 6.54 Å². The molecule has 1 aliphatic heterocycles. The Labute approximate surface area is 114 Å². The normalized spacial score (nSPS) is 23.9. The summed E-state index contributed by atoms with van der Waals surface area (Å²) < 4.78 is 2.10. The van der Waals surface area contributed by atoms with Crippen LogP contribution >= 0.6 is 0 Å². The predicted octanol–water partition coefficient (Wildman–Crippen LogP) is 2.40. The van der Waals surface area contributed by atoms with Crippen molar-refractivity contribution in [3.05, 3.63) is 48.3 Å². The molecule has 1 fully saturated rings. The van der Waals surface area contributed by atoms with Crippen LogP contribution in [0.15, 0.2) is 37.1 Å². The second-order valence-electron chi connectivity index (χ2n) is 5.57. The summed E-state index contributed by atoms with van der Waals surface area (Å²) in [4.78, 5) is 11.0. The zero-order chi connectivity index (χ0) is 13.2. The summed E-state index contributed by atoms with van der Waals surface area (Å²) in [5.41, 5.74) is 2.59. The van der Waals surface area contributed by atoms with E-state index in [0.717, 1.165) is 19.0 Å². The van der Waals surface area contributed by atoms with E-state index < -0.39 is 0 Å². The summed E-state index contributed by atoms with van der Waals surface area (Å²) in [5.74, 6) is 0.735. The minimum absolute atomic E-state index is 0.485. The maximum atomic E-state index is 4.26. The van der Waals surface area contributed by atoms with Crippen molar-refractivity contribution >= 4 is 0 Å². The van der Waals surface area contributed by atoms with Gasteiger partial charge in [0.15, 0.2) is 0 Å². The lowest BCUT2D eigenvalue weighted by Crippen LogP contribution is -2.24. The SMILES string of the molecule is C[C@H]1C[C@H](c2cccnc2)N(Cc2cncn2C)C1. The number of rotatable bonds is 3. The number of imidazole rings is 1. The number of hydrogen-bond donors (Lipinski definition) is 0. The third-order valence-corrected chi connectivity index (χ3v) is 3.96. The molecule has 4 heteroatoms. The van der Waals surface area contributed by atoms with Crippen LogP contribution in [0.4, 0.5) is 0 Å². The number of hydrogen-bond acceptors (Lipinski definition) is 3. The van der Waals surface area contributed by atoms with Crippen LogP contribution in [0.1, 0.15) is 30.6 Å². The standard InChI is InChI=1S/C15H20N4/c1-12-6-15(13-4-3-5-16-7-13)19(9-12)10-14-8-17-11-18(14)2/h3-5,7-8,11-12,15H,6,9-10H2,1-2H3/t12-,15+/m0/s1. The van der Waals surface area contributed by atoms with Crippen LogP contribution in [0.2, 0.25) is 0 Å². The van der Waals surface area contributed by atoms with Crippen LogP contribution in [0.25, 0.3) is 0 Å². The van der Waals surface area contributed by atoms with Crippen molar-refractivity contribution < 1.29 is 0 Å². The molecule has 0 bridgehead atoms. The molecule has 0 amide bonds. The van der Waals surface area contributed by atoms with E-state index in [-0.39, 0.29) is 0 Å². The summed E-state index contributed by atoms with van der Waals surface area (Å²) in [7, 11) is 2.06. The summed E-state index contributed by atoms with van der Waals surface area (Å²) >= 11 is 0. The molecule has 100 valence electrons. The fourth-order valence-corrected chi connectivity index (χ4v) is 2.97. The summed E-state index contributed by atoms with van der Waals surface area (Å²) in [6, 6.07) is 4.70. The molecule has 2 atom stereocenters. The minimum Gasteiger partial charge on any atom is -0.337 e. The largest absolute Gasteiger partial charge is 0.337 e. The molecular formula is C15H20N4. The van der Waals surface area contributed by atoms with Crippen molar-refractivity contribution in [1.29, 1.82) is 0 Å². The zero-order valence-corrected chi connectivity index (χ0v) is 11.5. The van der Waals surface area contributed by atoms with Gasteiger partial charge in [0.25, 0.3) is 0 Å². The van der Waals surface area contributed by atoms with Crippen molar-refractivity contribution in [2.45, 2.75) is 25.9 Å². The highest BCUT2D eigenvalue weighted by molar-refractivity contribution is 5.16. The van der Waals surface area contributed by atoms with Gasteiger partial charge in [-0.15, -0.1) is 0 Å². The summed E-state index contributed by atoms with van der Waals surface area (Å²) in [6.07, 6.45) is 8.88. The molecular weight excluding hydrogens is 236 g/mol. The zero-order valence-electron chi connectivity index (χ0n) is 11.5. The van der Waals surface area contributed by atoms with Crippen molar-refractivity contribution in [1.82, 2.24) is 19.4 Å². The maximum absolute atomic E-state index is 4.26. The van der Waals surface area contributed by atoms with E-state index in [1.54, 1.807) is 0 Å². The van der Waals surface area contributed by atoms with Gasteiger partial charge >= 0.3 is 0 Å². The first-order valence-corrected chi connectivity index (χ1v) is 6.83. The van der Waals surface area contributed by atoms with Gasteiger partial charge in [0, 0.05) is 44.8 Å². The maximum Gasteiger partial charge on any atom is 0.0945 e. The highest BCUT2D eigenvalue weighted by Gasteiger charge is 2.31. The molecule has 2 aromatic heterocycles. The lowest BCUT2D eigenvalue weighted by Gasteiger charge is -2.24. The van der Waals surface area contributed by atoms with Gasteiger partial charge in [0.2, 0.25) is 0 Å². The molecule has 0 aromatic carbocycles. The van der Waals surface area contributed by atoms with Gasteiger partial charge < -0.3 is 4.57 Å². The quantitative estimate of drug-likeness (QED) is 0.845. The molecule has 0 radical (unpaired) electrons. The van der Waals surface area contributed by atoms with Crippen LogP contribution in [0.3, 0.4) is 0 Å². The molecule has 0 aliphatic carbocycles. The van der Waals surface area contributed by atoms with Crippen LogP contribution < -0.4 is 0 Å². The van der Waals surface area contributed by atoms with Crippen LogP contribution in [0, 0.1) is 5.92 Å². The average Bonchev–Trinajstić information content (AvgIpc) is 2.98. The van der Waals surface area contributed by atoms with E-state index in [1.807, 2.05) is 31.0 Å². The second-order valence-corrected chi connectivity index (χ2v) is 5.57. The molecule has 1 saturated heterocycles. The number of pyridine rings is 1. The molecule has 0 spiro atoms. The Morgan fingerprint density at radius 1 is 1.32 bits per heavy atom. The van der Waals surface area contributed by atoms with Gasteiger partial charge in [-0.1, -0.05) is 13.0 Å². The van der Waals surface area contributed by atoms with Gasteiger partial charge in [-0.3, -0.25) is 9.88 Å². The first-order valence-electron chi connectivity index (χ1n) is 6.83. The molecule has 0 unspecified atom stereocenters. The highest BCUT2D eigenvalue weighted by atomic mass is 15.2. The number of aromatic nitrogens is 3. The van der Waals surface area contributed by atoms with Crippen molar-refractivity contribution in [2.24, 2.45) is 13.0 Å². The second kappa shape index (κ2) is 5.13. The minimum atomic E-state index is 0.485. The van der Waals surface area contributed by atoms with Crippen LogP contribution in [0.5, 0.6) is 0 Å². The topological polar surface area (TPSA) is 34.0 Å². The average molecular weight is 256 g/mol. The smallest absolute Gasteiger partial charge is 0.0945 e. The van der Waals surface area contributed by atoms with E-state index in [2.05, 4.69) is 39.5 Å². The monoisotopic (exact) mass is 256 g/mol. The first-order chi connectivity index (χ1) is 9.24. The Bertz CT molecular complexity index is 534. The summed E-state index contributed by atoms with van der Waals surface area (Å²) in [6.45, 7) is 4.43. The molecule has 0 saturated carbocycles. The highest BCUT2D eigenvalue weighted by Crippen LogP contribution is 2.35. The van der Waals surface area contributed by atoms with E-state index in [4.69, 9.17) is 0 Å². The van der Waals surface area contributed by atoms with E-state index in [9.17, 15) is 0 Å². The fraction of sp³-hybridized carbons (Fsp3) is 0.467. The van der Waals surface area contributed by atoms with E-state index >= 15 is 0 Å². The lowest BCUT2D eigenvalue weighted by molar-refractivity contribution is 0.240. The molecule has 0 N–H and O–H groups in total. The lowest BCUT2D eigenvalue weighted by atomic mass is 10.0. The predicted molar refractivity (Wildman–Crippen MR) is 74.4 cm³/mol. The molecule has 4 nitrogen and oxygen atoms in total. The molecule has 3 rings (SSSR count). The van der Waals surface area contributed by atoms with E-state index in [1.165, 1.54) is 17.7 Å². The fourth-order valence-electron chi connectivity index (χ4n) is 2.97. The van der Waals surface area contributed by atoms with Crippen molar-refractivity contribution in [3.8, 4) is 0 Å². The molecule has 19 heavy (non-hydrogen) atoms. The van der Waals surface area contributed by atoms with Gasteiger partial charge in [-0.25, -0.2) is 4.98 Å². The number of aryl methyl sites for hydroxylation is 1. The van der Waals surface area contributed by atoms with Gasteiger partial charge in [-0.2, -0.15) is 0 Å². The number of likely N-dealkylation sites (tertiary alicyclic amines) is 1. The Morgan fingerprint density at radius 2 is 2.21 bits per heavy atom. The van der Waals surface area contributed by atoms with Gasteiger partial charge in [0.1, 0.15) is 0 Å². The Hall–Kier alpha value is -1.68. The Morgan fingerprint density at radius 3 is 2.89 bits per heavy atom. The number of nitrogens with zero attached hydrogens (tertiary/aromatic N) is 4. The molecule has 3 heterocycles. The first kappa shape index (κ1) is 12.4. The summed E-state index contributed by atoms with van der Waals surface area (Å²) in [5, 5.41) is 0.